The van der Waals surface area contributed by atoms with Crippen molar-refractivity contribution in [2.75, 3.05) is 7.11 Å². The molecule has 0 aromatic rings. The van der Waals surface area contributed by atoms with E-state index in [0.29, 0.717) is 40.9 Å². The zero-order valence-electron chi connectivity index (χ0n) is 20.2. The monoisotopic (exact) mass is 430 g/mol. The number of methoxy groups -OCH3 is 1. The second kappa shape index (κ2) is 8.56. The summed E-state index contributed by atoms with van der Waals surface area (Å²) in [5, 5.41) is 0. The highest BCUT2D eigenvalue weighted by Crippen LogP contribution is 2.67. The van der Waals surface area contributed by atoms with Crippen LogP contribution in [-0.4, -0.2) is 25.2 Å². The van der Waals surface area contributed by atoms with Crippen molar-refractivity contribution in [1.82, 2.24) is 0 Å². The van der Waals surface area contributed by atoms with E-state index in [9.17, 15) is 9.59 Å². The molecule has 0 bridgehead atoms. The number of carbonyl (C=O) groups is 2. The molecule has 0 heterocycles. The largest absolute Gasteiger partial charge is 0.469 e. The molecule has 4 aliphatic carbocycles. The Morgan fingerprint density at radius 1 is 1.03 bits per heavy atom. The minimum Gasteiger partial charge on any atom is -0.469 e. The van der Waals surface area contributed by atoms with Crippen molar-refractivity contribution >= 4 is 11.9 Å². The minimum absolute atomic E-state index is 0.0752. The minimum atomic E-state index is -0.141. The van der Waals surface area contributed by atoms with E-state index in [1.807, 2.05) is 0 Å². The van der Waals surface area contributed by atoms with Crippen LogP contribution in [0, 0.1) is 46.3 Å². The average molecular weight is 431 g/mol. The van der Waals surface area contributed by atoms with E-state index >= 15 is 0 Å². The van der Waals surface area contributed by atoms with Crippen molar-refractivity contribution in [2.24, 2.45) is 46.3 Å². The normalized spacial score (nSPS) is 44.5. The molecule has 31 heavy (non-hydrogen) atoms. The molecule has 4 aliphatic rings. The molecule has 0 aromatic carbocycles. The standard InChI is InChI=1S/C27H42O4/c1-17(6-11-25(29)30-5)22-9-10-23-21-8-7-19-16-20(31-18(2)28)12-14-26(19,3)24(21)13-15-27(22,23)4/h7-8,17,19-24H,6,9-16H2,1-5H3/t17-,19?,20-,21?,22?,23?,24?,26+,27-/m1/s1. The molecule has 174 valence electrons. The summed E-state index contributed by atoms with van der Waals surface area (Å²) in [4.78, 5) is 23.1. The van der Waals surface area contributed by atoms with Gasteiger partial charge in [0.2, 0.25) is 0 Å². The summed E-state index contributed by atoms with van der Waals surface area (Å²) in [6, 6.07) is 0. The molecular formula is C27H42O4. The Labute approximate surface area is 188 Å². The van der Waals surface area contributed by atoms with Crippen LogP contribution >= 0.6 is 0 Å². The molecule has 0 aromatic heterocycles. The molecule has 0 N–H and O–H groups in total. The molecule has 0 aliphatic heterocycles. The molecule has 4 rings (SSSR count). The third-order valence-corrected chi connectivity index (χ3v) is 10.2. The van der Waals surface area contributed by atoms with Crippen LogP contribution in [0.5, 0.6) is 0 Å². The van der Waals surface area contributed by atoms with Gasteiger partial charge in [0.25, 0.3) is 0 Å². The Morgan fingerprint density at radius 3 is 2.45 bits per heavy atom. The quantitative estimate of drug-likeness (QED) is 0.400. The molecule has 4 nitrogen and oxygen atoms in total. The SMILES string of the molecule is COC(=O)CC[C@@H](C)C1CCC2C3C=CC4C[C@H](OC(C)=O)CC[C@]4(C)C3CC[C@@]21C. The van der Waals surface area contributed by atoms with Gasteiger partial charge in [-0.3, -0.25) is 9.59 Å². The lowest BCUT2D eigenvalue weighted by atomic mass is 9.46. The topological polar surface area (TPSA) is 52.6 Å². The lowest BCUT2D eigenvalue weighted by molar-refractivity contribution is -0.153. The van der Waals surface area contributed by atoms with Crippen molar-refractivity contribution < 1.29 is 19.1 Å². The Kier molecular flexibility index (Phi) is 6.31. The van der Waals surface area contributed by atoms with Crippen molar-refractivity contribution in [3.63, 3.8) is 0 Å². The molecule has 5 unspecified atom stereocenters. The van der Waals surface area contributed by atoms with Gasteiger partial charge >= 0.3 is 11.9 Å². The zero-order chi connectivity index (χ0) is 22.4. The fourth-order valence-electron chi connectivity index (χ4n) is 8.55. The Balaban J connectivity index is 1.49. The number of rotatable bonds is 5. The number of carbonyl (C=O) groups excluding carboxylic acids is 2. The first-order valence-electron chi connectivity index (χ1n) is 12.6. The first-order chi connectivity index (χ1) is 14.7. The van der Waals surface area contributed by atoms with Crippen LogP contribution in [0.4, 0.5) is 0 Å². The molecule has 0 radical (unpaired) electrons. The van der Waals surface area contributed by atoms with Gasteiger partial charge in [-0.25, -0.2) is 0 Å². The molecule has 3 fully saturated rings. The summed E-state index contributed by atoms with van der Waals surface area (Å²) in [6.45, 7) is 8.97. The van der Waals surface area contributed by atoms with Crippen LogP contribution in [0.25, 0.3) is 0 Å². The summed E-state index contributed by atoms with van der Waals surface area (Å²) < 4.78 is 10.5. The lowest BCUT2D eigenvalue weighted by Gasteiger charge is -2.59. The Hall–Kier alpha value is -1.32. The number of ether oxygens (including phenoxy) is 2. The summed E-state index contributed by atoms with van der Waals surface area (Å²) in [5.74, 6) is 3.80. The van der Waals surface area contributed by atoms with Crippen LogP contribution in [-0.2, 0) is 19.1 Å². The molecule has 9 atom stereocenters. The van der Waals surface area contributed by atoms with Gasteiger partial charge in [-0.05, 0) is 97.7 Å². The maximum absolute atomic E-state index is 11.7. The van der Waals surface area contributed by atoms with Crippen molar-refractivity contribution in [3.8, 4) is 0 Å². The average Bonchev–Trinajstić information content (AvgIpc) is 3.09. The number of esters is 2. The highest BCUT2D eigenvalue weighted by molar-refractivity contribution is 5.69. The molecule has 0 amide bonds. The van der Waals surface area contributed by atoms with Gasteiger partial charge in [-0.1, -0.05) is 32.9 Å². The number of hydrogen-bond acceptors (Lipinski definition) is 4. The van der Waals surface area contributed by atoms with Crippen LogP contribution in [0.15, 0.2) is 12.2 Å². The molecule has 0 saturated heterocycles. The van der Waals surface area contributed by atoms with Crippen LogP contribution in [0.2, 0.25) is 0 Å². The van der Waals surface area contributed by atoms with E-state index in [0.717, 1.165) is 31.1 Å². The summed E-state index contributed by atoms with van der Waals surface area (Å²) in [5.41, 5.74) is 0.727. The Morgan fingerprint density at radius 2 is 1.74 bits per heavy atom. The van der Waals surface area contributed by atoms with E-state index in [1.165, 1.54) is 46.1 Å². The predicted octanol–water partition coefficient (Wildman–Crippen LogP) is 5.94. The summed E-state index contributed by atoms with van der Waals surface area (Å²) >= 11 is 0. The number of allylic oxidation sites excluding steroid dienone is 2. The van der Waals surface area contributed by atoms with E-state index in [-0.39, 0.29) is 18.0 Å². The second-order valence-corrected chi connectivity index (χ2v) is 11.6. The van der Waals surface area contributed by atoms with Gasteiger partial charge < -0.3 is 9.47 Å². The smallest absolute Gasteiger partial charge is 0.305 e. The van der Waals surface area contributed by atoms with Gasteiger partial charge in [0.15, 0.2) is 0 Å². The van der Waals surface area contributed by atoms with Gasteiger partial charge in [0.1, 0.15) is 6.10 Å². The van der Waals surface area contributed by atoms with E-state index in [4.69, 9.17) is 9.47 Å². The van der Waals surface area contributed by atoms with E-state index in [1.54, 1.807) is 0 Å². The fraction of sp³-hybridized carbons (Fsp3) is 0.852. The first-order valence-corrected chi connectivity index (χ1v) is 12.6. The Bertz CT molecular complexity index is 729. The maximum Gasteiger partial charge on any atom is 0.305 e. The highest BCUT2D eigenvalue weighted by Gasteiger charge is 2.59. The number of fused-ring (bicyclic) bond motifs is 5. The zero-order valence-corrected chi connectivity index (χ0v) is 20.2. The van der Waals surface area contributed by atoms with Crippen molar-refractivity contribution in [1.29, 1.82) is 0 Å². The third-order valence-electron chi connectivity index (χ3n) is 10.2. The van der Waals surface area contributed by atoms with Crippen LogP contribution in [0.1, 0.15) is 85.5 Å². The third kappa shape index (κ3) is 3.97. The summed E-state index contributed by atoms with van der Waals surface area (Å²) in [6.07, 6.45) is 15.1. The number of hydrogen-bond donors (Lipinski definition) is 0. The molecular weight excluding hydrogens is 388 g/mol. The molecule has 3 saturated carbocycles. The summed E-state index contributed by atoms with van der Waals surface area (Å²) in [7, 11) is 1.49. The molecule has 0 spiro atoms. The van der Waals surface area contributed by atoms with Gasteiger partial charge in [-0.2, -0.15) is 0 Å². The second-order valence-electron chi connectivity index (χ2n) is 11.6. The van der Waals surface area contributed by atoms with Crippen LogP contribution in [0.3, 0.4) is 0 Å². The maximum atomic E-state index is 11.7. The van der Waals surface area contributed by atoms with Crippen molar-refractivity contribution in [3.05, 3.63) is 12.2 Å². The van der Waals surface area contributed by atoms with Gasteiger partial charge in [0.05, 0.1) is 7.11 Å². The van der Waals surface area contributed by atoms with Crippen LogP contribution < -0.4 is 0 Å². The van der Waals surface area contributed by atoms with E-state index in [2.05, 4.69) is 32.9 Å². The fourth-order valence-corrected chi connectivity index (χ4v) is 8.55. The van der Waals surface area contributed by atoms with Gasteiger partial charge in [0, 0.05) is 13.3 Å². The van der Waals surface area contributed by atoms with E-state index < -0.39 is 0 Å². The van der Waals surface area contributed by atoms with Gasteiger partial charge in [-0.15, -0.1) is 0 Å². The molecule has 4 heteroatoms. The predicted molar refractivity (Wildman–Crippen MR) is 121 cm³/mol. The first kappa shape index (κ1) is 22.9. The van der Waals surface area contributed by atoms with Crippen molar-refractivity contribution in [2.45, 2.75) is 91.6 Å². The highest BCUT2D eigenvalue weighted by atomic mass is 16.5. The lowest BCUT2D eigenvalue weighted by Crippen LogP contribution is -2.52.